The molecule has 1 unspecified atom stereocenters. The lowest BCUT2D eigenvalue weighted by molar-refractivity contribution is -0.129. The first-order valence-electron chi connectivity index (χ1n) is 14.7. The summed E-state index contributed by atoms with van der Waals surface area (Å²) >= 11 is 0. The Hall–Kier alpha value is -1.95. The fraction of sp³-hybridized carbons (Fsp3) is 0.893. The van der Waals surface area contributed by atoms with Crippen LogP contribution in [0.15, 0.2) is 4.99 Å². The minimum Gasteiger partial charge on any atom is -0.444 e. The number of carbonyl (C=O) groups excluding carboxylic acids is 2. The van der Waals surface area contributed by atoms with Crippen LogP contribution >= 0.6 is 0 Å². The summed E-state index contributed by atoms with van der Waals surface area (Å²) in [5.74, 6) is -0.872. The van der Waals surface area contributed by atoms with Gasteiger partial charge in [-0.2, -0.15) is 0 Å². The number of hydroxylamine groups is 1. The molecule has 3 rings (SSSR count). The van der Waals surface area contributed by atoms with Crippen molar-refractivity contribution in [3.63, 3.8) is 0 Å². The van der Waals surface area contributed by atoms with Gasteiger partial charge < -0.3 is 14.8 Å². The molecule has 224 valence electrons. The number of amides is 2. The largest absolute Gasteiger partial charge is 0.444 e. The molecule has 0 radical (unpaired) electrons. The molecule has 1 aliphatic carbocycles. The fourth-order valence-corrected chi connectivity index (χ4v) is 5.94. The quantitative estimate of drug-likeness (QED) is 0.225. The zero-order valence-corrected chi connectivity index (χ0v) is 25.0. The Morgan fingerprint density at radius 3 is 2.49 bits per heavy atom. The van der Waals surface area contributed by atoms with Crippen molar-refractivity contribution in [3.05, 3.63) is 0 Å². The summed E-state index contributed by atoms with van der Waals surface area (Å²) in [5.41, 5.74) is 6.98. The number of nitrogens with zero attached hydrogens (tertiary/aromatic N) is 2. The van der Waals surface area contributed by atoms with Gasteiger partial charge in [0.05, 0.1) is 12.1 Å². The third kappa shape index (κ3) is 9.03. The van der Waals surface area contributed by atoms with Crippen LogP contribution < -0.4 is 21.8 Å². The zero-order chi connectivity index (χ0) is 28.8. The molecule has 4 atom stereocenters. The smallest absolute Gasteiger partial charge is 0.412 e. The second-order valence-corrected chi connectivity index (χ2v) is 13.1. The third-order valence-corrected chi connectivity index (χ3v) is 7.85. The van der Waals surface area contributed by atoms with E-state index in [1.54, 1.807) is 0 Å². The summed E-state index contributed by atoms with van der Waals surface area (Å²) in [6, 6.07) is -0.141. The van der Waals surface area contributed by atoms with Crippen LogP contribution in [0.25, 0.3) is 0 Å². The van der Waals surface area contributed by atoms with E-state index < -0.39 is 17.3 Å². The van der Waals surface area contributed by atoms with E-state index in [1.165, 1.54) is 38.4 Å². The van der Waals surface area contributed by atoms with Crippen molar-refractivity contribution in [3.8, 4) is 0 Å². The van der Waals surface area contributed by atoms with E-state index in [9.17, 15) is 9.59 Å². The highest BCUT2D eigenvalue weighted by Crippen LogP contribution is 2.41. The Morgan fingerprint density at radius 2 is 1.90 bits per heavy atom. The minimum absolute atomic E-state index is 0.00203. The Balaban J connectivity index is 1.66. The van der Waals surface area contributed by atoms with Gasteiger partial charge in [-0.3, -0.25) is 26.2 Å². The molecule has 3 aliphatic rings. The van der Waals surface area contributed by atoms with Crippen LogP contribution in [-0.4, -0.2) is 65.8 Å². The van der Waals surface area contributed by atoms with Gasteiger partial charge in [0.2, 0.25) is 5.91 Å². The van der Waals surface area contributed by atoms with E-state index in [0.29, 0.717) is 31.8 Å². The number of nitrogens with two attached hydrogens (primary N) is 1. The lowest BCUT2D eigenvalue weighted by Crippen LogP contribution is -2.53. The maximum absolute atomic E-state index is 13.5. The van der Waals surface area contributed by atoms with Crippen molar-refractivity contribution >= 4 is 18.3 Å². The molecular formula is C28H52N6O5. The molecule has 1 saturated heterocycles. The second-order valence-electron chi connectivity index (χ2n) is 13.1. The summed E-state index contributed by atoms with van der Waals surface area (Å²) in [6.45, 7) is 14.7. The van der Waals surface area contributed by atoms with Gasteiger partial charge in [-0.05, 0) is 65.7 Å². The monoisotopic (exact) mass is 552 g/mol. The predicted molar refractivity (Wildman–Crippen MR) is 150 cm³/mol. The highest BCUT2D eigenvalue weighted by atomic mass is 16.7. The maximum Gasteiger partial charge on any atom is 0.412 e. The Labute approximate surface area is 234 Å². The van der Waals surface area contributed by atoms with Crippen LogP contribution in [0.2, 0.25) is 0 Å². The molecule has 0 aromatic heterocycles. The molecule has 39 heavy (non-hydrogen) atoms. The molecule has 5 N–H and O–H groups in total. The van der Waals surface area contributed by atoms with E-state index in [-0.39, 0.29) is 36.0 Å². The number of carbonyl (C=O) groups is 2. The Bertz CT molecular complexity index is 854. The molecular weight excluding hydrogens is 500 g/mol. The van der Waals surface area contributed by atoms with Gasteiger partial charge in [0, 0.05) is 19.0 Å². The Kier molecular flexibility index (Phi) is 10.6. The SMILES string of the molecule is CC(C)[C@H](C[C@@H]1OC(C)(C)N(C(=O)OC(C)(C)C)[C@H]1CC1CCCCC1)C(=O)NCCCNC1(N)N=CNO1. The van der Waals surface area contributed by atoms with Crippen molar-refractivity contribution < 1.29 is 23.9 Å². The summed E-state index contributed by atoms with van der Waals surface area (Å²) < 4.78 is 12.4. The maximum atomic E-state index is 13.5. The summed E-state index contributed by atoms with van der Waals surface area (Å²) in [5, 5.41) is 6.08. The number of hydrogen-bond donors (Lipinski definition) is 4. The van der Waals surface area contributed by atoms with Crippen LogP contribution in [0, 0.1) is 17.8 Å². The van der Waals surface area contributed by atoms with Gasteiger partial charge in [0.1, 0.15) is 17.7 Å². The predicted octanol–water partition coefficient (Wildman–Crippen LogP) is 3.59. The molecule has 0 bridgehead atoms. The molecule has 11 nitrogen and oxygen atoms in total. The first kappa shape index (κ1) is 31.6. The molecule has 2 heterocycles. The highest BCUT2D eigenvalue weighted by molar-refractivity contribution is 5.79. The van der Waals surface area contributed by atoms with E-state index >= 15 is 0 Å². The number of hydrogen-bond acceptors (Lipinski definition) is 9. The second kappa shape index (κ2) is 13.1. The molecule has 2 amide bonds. The number of aliphatic imine (C=N–C) groups is 1. The Morgan fingerprint density at radius 1 is 1.21 bits per heavy atom. The van der Waals surface area contributed by atoms with E-state index in [2.05, 4.69) is 35.0 Å². The van der Waals surface area contributed by atoms with Gasteiger partial charge in [-0.25, -0.2) is 14.6 Å². The van der Waals surface area contributed by atoms with Crippen LogP contribution in [0.1, 0.15) is 99.8 Å². The van der Waals surface area contributed by atoms with Crippen molar-refractivity contribution in [1.29, 1.82) is 0 Å². The van der Waals surface area contributed by atoms with Crippen LogP contribution in [0.5, 0.6) is 0 Å². The number of rotatable bonds is 11. The van der Waals surface area contributed by atoms with E-state index in [1.807, 2.05) is 39.5 Å². The average molecular weight is 553 g/mol. The molecule has 0 aromatic rings. The summed E-state index contributed by atoms with van der Waals surface area (Å²) in [4.78, 5) is 37.7. The fourth-order valence-electron chi connectivity index (χ4n) is 5.94. The first-order chi connectivity index (χ1) is 18.2. The lowest BCUT2D eigenvalue weighted by Gasteiger charge is -2.37. The van der Waals surface area contributed by atoms with E-state index in [0.717, 1.165) is 6.42 Å². The molecule has 11 heteroatoms. The number of nitrogens with one attached hydrogen (secondary N) is 3. The van der Waals surface area contributed by atoms with Gasteiger partial charge in [0.25, 0.3) is 5.97 Å². The van der Waals surface area contributed by atoms with Crippen molar-refractivity contribution in [2.45, 2.75) is 129 Å². The minimum atomic E-state index is -1.27. The molecule has 2 fully saturated rings. The van der Waals surface area contributed by atoms with Crippen molar-refractivity contribution in [1.82, 2.24) is 21.0 Å². The normalized spacial score (nSPS) is 28.0. The molecule has 1 saturated carbocycles. The molecule has 2 aliphatic heterocycles. The van der Waals surface area contributed by atoms with Crippen LogP contribution in [0.4, 0.5) is 4.79 Å². The summed E-state index contributed by atoms with van der Waals surface area (Å²) in [6.07, 6.45) is 8.93. The topological polar surface area (TPSA) is 140 Å². The van der Waals surface area contributed by atoms with Gasteiger partial charge in [-0.1, -0.05) is 46.0 Å². The standard InChI is InChI=1S/C28H52N6O5/c1-19(2)21(24(35)30-14-11-15-31-28(29)32-18-33-39-28)17-23-22(16-20-12-9-8-10-13-20)34(27(6,7)37-23)25(36)38-26(3,4)5/h18-23,31H,8-17,29H2,1-7H3,(H,30,35)(H,32,33)/t21-,22-,23-,28?/m0/s1. The first-order valence-corrected chi connectivity index (χ1v) is 14.7. The molecule has 0 spiro atoms. The third-order valence-electron chi connectivity index (χ3n) is 7.85. The van der Waals surface area contributed by atoms with E-state index in [4.69, 9.17) is 20.0 Å². The summed E-state index contributed by atoms with van der Waals surface area (Å²) in [7, 11) is 0. The van der Waals surface area contributed by atoms with Crippen molar-refractivity contribution in [2.75, 3.05) is 13.1 Å². The van der Waals surface area contributed by atoms with Crippen molar-refractivity contribution in [2.24, 2.45) is 28.5 Å². The van der Waals surface area contributed by atoms with Crippen LogP contribution in [-0.2, 0) is 19.1 Å². The van der Waals surface area contributed by atoms with Crippen LogP contribution in [0.3, 0.4) is 0 Å². The average Bonchev–Trinajstić information content (AvgIpc) is 3.36. The number of ether oxygens (including phenoxy) is 2. The lowest BCUT2D eigenvalue weighted by atomic mass is 9.81. The highest BCUT2D eigenvalue weighted by Gasteiger charge is 2.52. The van der Waals surface area contributed by atoms with Gasteiger partial charge in [0.15, 0.2) is 0 Å². The van der Waals surface area contributed by atoms with Gasteiger partial charge >= 0.3 is 6.09 Å². The molecule has 0 aromatic carbocycles. The van der Waals surface area contributed by atoms with Gasteiger partial charge in [-0.15, -0.1) is 0 Å². The zero-order valence-electron chi connectivity index (χ0n) is 25.0.